The number of nitrogens with zero attached hydrogens (tertiary/aromatic N) is 7. The van der Waals surface area contributed by atoms with Gasteiger partial charge in [0.05, 0.1) is 23.9 Å². The number of aromatic nitrogens is 4. The van der Waals surface area contributed by atoms with E-state index in [2.05, 4.69) is 118 Å². The van der Waals surface area contributed by atoms with Gasteiger partial charge in [-0.1, -0.05) is 120 Å². The van der Waals surface area contributed by atoms with Crippen LogP contribution in [0.15, 0.2) is 116 Å². The number of hydrogen-bond acceptors (Lipinski definition) is 13. The molecule has 0 amide bonds. The minimum atomic E-state index is 0. The summed E-state index contributed by atoms with van der Waals surface area (Å²) in [6.07, 6.45) is 34.0. The van der Waals surface area contributed by atoms with E-state index in [0.29, 0.717) is 24.3 Å². The molecule has 0 aliphatic carbocycles. The molecule has 14 heteroatoms. The summed E-state index contributed by atoms with van der Waals surface area (Å²) < 4.78 is 9.02. The molecule has 0 unspecified atom stereocenters. The maximum absolute atomic E-state index is 10.1. The summed E-state index contributed by atoms with van der Waals surface area (Å²) in [6, 6.07) is 26.6. The first-order chi connectivity index (χ1) is 32.0. The standard InChI is InChI=1S/C34H49N3.C16H12N2O4.2CHNS.Ru/c1-3-5-7-9-11-13-16-20-30-24-26-35-33(28-30)37(32-22-18-15-19-23-32)34-29-31(25-27-36-34)21-17-14-12-10-8-6-4-2;19-11-21-7-3-13-1-5-17-15(9-13)16-10-14(2-6-18-16)4-8-22-12-20;2*2-1-3;/h15,18-19,22-29H,3-14,16-17,20-21H2,1-2H3;1-12H;2*3H;/q;;;;+2/p-2/b;7-3+,8-4+;;;. The normalized spacial score (nSPS) is 10.0. The topological polar surface area (TPSA) is 155 Å². The number of carbonyl (C=O) groups excluding carboxylic acids is 2. The molecule has 0 aliphatic rings. The molecule has 5 rings (SSSR count). The van der Waals surface area contributed by atoms with Gasteiger partial charge in [-0.15, -0.1) is 0 Å². The molecule has 348 valence electrons. The van der Waals surface area contributed by atoms with Crippen LogP contribution in [-0.4, -0.2) is 32.9 Å². The van der Waals surface area contributed by atoms with E-state index in [1.165, 1.54) is 124 Å². The molecule has 0 N–H and O–H groups in total. The molecular formula is C52H61N7O4RuS2. The van der Waals surface area contributed by atoms with E-state index in [4.69, 9.17) is 20.5 Å². The maximum atomic E-state index is 10.1. The third-order valence-electron chi connectivity index (χ3n) is 9.85. The molecule has 0 fully saturated rings. The average Bonchev–Trinajstić information content (AvgIpc) is 3.33. The van der Waals surface area contributed by atoms with Crippen LogP contribution in [0.1, 0.15) is 126 Å². The van der Waals surface area contributed by atoms with E-state index in [1.54, 1.807) is 36.7 Å². The van der Waals surface area contributed by atoms with Crippen LogP contribution in [0.25, 0.3) is 23.5 Å². The monoisotopic (exact) mass is 1010 g/mol. The van der Waals surface area contributed by atoms with E-state index in [-0.39, 0.29) is 19.5 Å². The number of para-hydroxylation sites is 1. The Labute approximate surface area is 416 Å². The van der Waals surface area contributed by atoms with Gasteiger partial charge in [0.25, 0.3) is 12.9 Å². The summed E-state index contributed by atoms with van der Waals surface area (Å²) in [5.74, 6) is 1.90. The molecule has 5 aromatic rings. The van der Waals surface area contributed by atoms with E-state index in [9.17, 15) is 9.59 Å². The Kier molecular flexibility index (Phi) is 34.7. The Hall–Kier alpha value is -5.92. The fraction of sp³-hybridized carbons (Fsp3) is 0.346. The van der Waals surface area contributed by atoms with Gasteiger partial charge in [-0.2, -0.15) is 0 Å². The van der Waals surface area contributed by atoms with Gasteiger partial charge >= 0.3 is 19.5 Å². The first-order valence-corrected chi connectivity index (χ1v) is 23.0. The van der Waals surface area contributed by atoms with Crippen molar-refractivity contribution in [3.63, 3.8) is 0 Å². The number of benzene rings is 1. The van der Waals surface area contributed by atoms with E-state index >= 15 is 0 Å². The second-order valence-corrected chi connectivity index (χ2v) is 15.0. The molecule has 0 aliphatic heterocycles. The Morgan fingerprint density at radius 1 is 0.545 bits per heavy atom. The Bertz CT molecular complexity index is 2060. The summed E-state index contributed by atoms with van der Waals surface area (Å²) in [5, 5.41) is 16.9. The van der Waals surface area contributed by atoms with E-state index in [1.807, 2.05) is 24.5 Å². The van der Waals surface area contributed by atoms with Crippen LogP contribution in [0.3, 0.4) is 0 Å². The molecule has 66 heavy (non-hydrogen) atoms. The third-order valence-corrected chi connectivity index (χ3v) is 9.85. The summed E-state index contributed by atoms with van der Waals surface area (Å²) in [4.78, 5) is 40.5. The zero-order valence-electron chi connectivity index (χ0n) is 38.0. The number of rotatable bonds is 26. The smallest absolute Gasteiger partial charge is 0.696 e. The fourth-order valence-electron chi connectivity index (χ4n) is 6.69. The number of ether oxygens (including phenoxy) is 2. The summed E-state index contributed by atoms with van der Waals surface area (Å²) in [6.45, 7) is 5.25. The maximum Gasteiger partial charge on any atom is 2.00 e. The van der Waals surface area contributed by atoms with Crippen LogP contribution >= 0.6 is 0 Å². The van der Waals surface area contributed by atoms with Crippen molar-refractivity contribution in [1.29, 1.82) is 10.5 Å². The van der Waals surface area contributed by atoms with Crippen molar-refractivity contribution in [1.82, 2.24) is 19.9 Å². The van der Waals surface area contributed by atoms with Crippen LogP contribution in [0.2, 0.25) is 0 Å². The van der Waals surface area contributed by atoms with Crippen LogP contribution in [0.5, 0.6) is 0 Å². The fourth-order valence-corrected chi connectivity index (χ4v) is 6.69. The van der Waals surface area contributed by atoms with Crippen molar-refractivity contribution in [2.24, 2.45) is 0 Å². The molecule has 0 bridgehead atoms. The van der Waals surface area contributed by atoms with Crippen molar-refractivity contribution in [2.45, 2.75) is 117 Å². The van der Waals surface area contributed by atoms with Crippen molar-refractivity contribution in [3.8, 4) is 22.2 Å². The van der Waals surface area contributed by atoms with Crippen molar-refractivity contribution in [2.75, 3.05) is 4.90 Å². The quantitative estimate of drug-likeness (QED) is 0.0129. The van der Waals surface area contributed by atoms with Gasteiger partial charge in [0.1, 0.15) is 11.6 Å². The van der Waals surface area contributed by atoms with Crippen LogP contribution < -0.4 is 4.90 Å². The number of nitriles is 2. The van der Waals surface area contributed by atoms with E-state index in [0.717, 1.165) is 41.3 Å². The molecule has 1 aromatic carbocycles. The zero-order valence-corrected chi connectivity index (χ0v) is 41.4. The summed E-state index contributed by atoms with van der Waals surface area (Å²) in [7, 11) is 0. The molecule has 0 atom stereocenters. The average molecular weight is 1010 g/mol. The number of aryl methyl sites for hydroxylation is 2. The number of unbranched alkanes of at least 4 members (excludes halogenated alkanes) is 12. The number of hydrogen-bond donors (Lipinski definition) is 0. The van der Waals surface area contributed by atoms with Crippen molar-refractivity contribution in [3.05, 3.63) is 138 Å². The van der Waals surface area contributed by atoms with E-state index < -0.39 is 0 Å². The minimum Gasteiger partial charge on any atom is -0.696 e. The first kappa shape index (κ1) is 58.1. The molecule has 0 saturated heterocycles. The van der Waals surface area contributed by atoms with Gasteiger partial charge in [0.15, 0.2) is 0 Å². The molecule has 0 saturated carbocycles. The predicted octanol–water partition coefficient (Wildman–Crippen LogP) is 13.0. The number of anilines is 3. The molecule has 4 heterocycles. The van der Waals surface area contributed by atoms with Gasteiger partial charge in [0.2, 0.25) is 0 Å². The second-order valence-electron chi connectivity index (χ2n) is 14.7. The van der Waals surface area contributed by atoms with Crippen LogP contribution in [0.4, 0.5) is 17.3 Å². The van der Waals surface area contributed by atoms with Gasteiger partial charge in [-0.05, 0) is 121 Å². The second kappa shape index (κ2) is 39.4. The molecule has 11 nitrogen and oxygen atoms in total. The Balaban J connectivity index is 0.000000637. The molecule has 4 aromatic heterocycles. The van der Waals surface area contributed by atoms with Gasteiger partial charge < -0.3 is 34.7 Å². The summed E-state index contributed by atoms with van der Waals surface area (Å²) >= 11 is 7.40. The van der Waals surface area contributed by atoms with Gasteiger partial charge in [-0.25, -0.2) is 20.5 Å². The van der Waals surface area contributed by atoms with Crippen LogP contribution in [0, 0.1) is 21.3 Å². The molecule has 0 spiro atoms. The Morgan fingerprint density at radius 2 is 0.924 bits per heavy atom. The molecule has 0 radical (unpaired) electrons. The minimum absolute atomic E-state index is 0. The zero-order chi connectivity index (χ0) is 47.0. The largest absolute Gasteiger partial charge is 2.00 e. The Morgan fingerprint density at radius 3 is 1.32 bits per heavy atom. The predicted molar refractivity (Wildman–Crippen MR) is 266 cm³/mol. The third kappa shape index (κ3) is 25.5. The van der Waals surface area contributed by atoms with Gasteiger partial charge in [0, 0.05) is 30.5 Å². The number of thiocyanates is 2. The van der Waals surface area contributed by atoms with Crippen molar-refractivity contribution >= 4 is 67.7 Å². The van der Waals surface area contributed by atoms with Crippen LogP contribution in [-0.2, 0) is 76.6 Å². The number of pyridine rings is 4. The van der Waals surface area contributed by atoms with Gasteiger partial charge in [-0.3, -0.25) is 24.5 Å². The van der Waals surface area contributed by atoms with Crippen molar-refractivity contribution < 1.29 is 38.5 Å². The first-order valence-electron chi connectivity index (χ1n) is 22.2. The SMILES string of the molecule is CCCCCCCCCc1ccnc(N(c2ccccc2)c2cc(CCCCCCCCC)ccn2)c1.N#C[S-].N#C[S-].O=CO/C=C/c1ccnc(-c2cc(/C=C/OC=O)ccn2)c1.[Ru+2]. The number of carbonyl (C=O) groups is 2. The molecular weight excluding hydrogens is 952 g/mol. The summed E-state index contributed by atoms with van der Waals surface area (Å²) in [5.41, 5.74) is 6.79.